The third-order valence-electron chi connectivity index (χ3n) is 4.85. The molecule has 0 bridgehead atoms. The fourth-order valence-electron chi connectivity index (χ4n) is 3.24. The Hall–Kier alpha value is -1.63. The standard InChI is InChI=1S/C19H32N4O2/c1-15(24)13-20-19(25)21-18(16-7-5-4-6-8-16)14-23(3)17-9-11-22(2)12-10-17/h4-8,15,17-18,24H,9-14H2,1-3H3,(H2,20,21,25)/t15-,18+/m0/s1. The molecule has 2 amide bonds. The number of amides is 2. The lowest BCUT2D eigenvalue weighted by Gasteiger charge is -2.37. The molecule has 0 unspecified atom stereocenters. The van der Waals surface area contributed by atoms with Crippen molar-refractivity contribution in [1.82, 2.24) is 20.4 Å². The van der Waals surface area contributed by atoms with E-state index >= 15 is 0 Å². The number of rotatable bonds is 7. The smallest absolute Gasteiger partial charge is 0.315 e. The van der Waals surface area contributed by atoms with Crippen LogP contribution >= 0.6 is 0 Å². The maximum absolute atomic E-state index is 12.2. The van der Waals surface area contributed by atoms with Crippen LogP contribution < -0.4 is 10.6 Å². The van der Waals surface area contributed by atoms with Gasteiger partial charge in [0.25, 0.3) is 0 Å². The third-order valence-corrected chi connectivity index (χ3v) is 4.85. The second kappa shape index (κ2) is 9.75. The van der Waals surface area contributed by atoms with Gasteiger partial charge in [-0.3, -0.25) is 0 Å². The molecular formula is C19H32N4O2. The van der Waals surface area contributed by atoms with E-state index < -0.39 is 6.10 Å². The first kappa shape index (κ1) is 19.7. The molecule has 1 saturated heterocycles. The van der Waals surface area contributed by atoms with Crippen LogP contribution in [-0.2, 0) is 0 Å². The molecule has 6 heteroatoms. The fraction of sp³-hybridized carbons (Fsp3) is 0.632. The molecule has 2 atom stereocenters. The Morgan fingerprint density at radius 1 is 1.32 bits per heavy atom. The van der Waals surface area contributed by atoms with Gasteiger partial charge in [-0.2, -0.15) is 0 Å². The summed E-state index contributed by atoms with van der Waals surface area (Å²) in [6, 6.07) is 10.3. The molecule has 1 aliphatic heterocycles. The summed E-state index contributed by atoms with van der Waals surface area (Å²) in [5, 5.41) is 15.1. The van der Waals surface area contributed by atoms with Crippen LogP contribution in [0.1, 0.15) is 31.4 Å². The summed E-state index contributed by atoms with van der Waals surface area (Å²) in [4.78, 5) is 16.9. The van der Waals surface area contributed by atoms with Gasteiger partial charge in [0, 0.05) is 19.1 Å². The summed E-state index contributed by atoms with van der Waals surface area (Å²) in [7, 11) is 4.30. The first-order valence-electron chi connectivity index (χ1n) is 9.12. The quantitative estimate of drug-likeness (QED) is 0.697. The third kappa shape index (κ3) is 6.65. The molecule has 1 aliphatic rings. The van der Waals surface area contributed by atoms with E-state index in [1.54, 1.807) is 6.92 Å². The number of hydrogen-bond donors (Lipinski definition) is 3. The number of benzene rings is 1. The molecule has 25 heavy (non-hydrogen) atoms. The number of hydrogen-bond acceptors (Lipinski definition) is 4. The molecule has 0 saturated carbocycles. The van der Waals surface area contributed by atoms with Gasteiger partial charge in [0.05, 0.1) is 12.1 Å². The molecule has 140 valence electrons. The minimum absolute atomic E-state index is 0.0835. The maximum Gasteiger partial charge on any atom is 0.315 e. The molecule has 0 spiro atoms. The summed E-state index contributed by atoms with van der Waals surface area (Å²) in [6.45, 7) is 4.90. The highest BCUT2D eigenvalue weighted by molar-refractivity contribution is 5.74. The van der Waals surface area contributed by atoms with Crippen LogP contribution in [0.5, 0.6) is 0 Å². The molecule has 3 N–H and O–H groups in total. The van der Waals surface area contributed by atoms with Crippen molar-refractivity contribution in [1.29, 1.82) is 0 Å². The van der Waals surface area contributed by atoms with Crippen molar-refractivity contribution in [2.45, 2.75) is 38.0 Å². The van der Waals surface area contributed by atoms with Gasteiger partial charge in [-0.15, -0.1) is 0 Å². The van der Waals surface area contributed by atoms with Gasteiger partial charge < -0.3 is 25.5 Å². The van der Waals surface area contributed by atoms with Crippen LogP contribution in [0.25, 0.3) is 0 Å². The second-order valence-corrected chi connectivity index (χ2v) is 7.14. The Bertz CT molecular complexity index is 515. The van der Waals surface area contributed by atoms with Crippen LogP contribution in [-0.4, -0.2) is 73.4 Å². The zero-order valence-electron chi connectivity index (χ0n) is 15.6. The van der Waals surface area contributed by atoms with E-state index in [1.165, 1.54) is 0 Å². The topological polar surface area (TPSA) is 67.8 Å². The summed E-state index contributed by atoms with van der Waals surface area (Å²) in [6.07, 6.45) is 1.76. The number of piperidine rings is 1. The lowest BCUT2D eigenvalue weighted by atomic mass is 10.0. The van der Waals surface area contributed by atoms with Crippen LogP contribution in [0, 0.1) is 0 Å². The zero-order chi connectivity index (χ0) is 18.2. The fourth-order valence-corrected chi connectivity index (χ4v) is 3.24. The predicted octanol–water partition coefficient (Wildman–Crippen LogP) is 1.43. The average molecular weight is 348 g/mol. The van der Waals surface area contributed by atoms with Gasteiger partial charge >= 0.3 is 6.03 Å². The maximum atomic E-state index is 12.2. The lowest BCUT2D eigenvalue weighted by molar-refractivity contribution is 0.134. The van der Waals surface area contributed by atoms with Crippen LogP contribution in [0.2, 0.25) is 0 Å². The SMILES string of the molecule is C[C@H](O)CNC(=O)N[C@H](CN(C)C1CCN(C)CC1)c1ccccc1. The predicted molar refractivity (Wildman–Crippen MR) is 101 cm³/mol. The molecule has 1 fully saturated rings. The van der Waals surface area contributed by atoms with Crippen LogP contribution in [0.3, 0.4) is 0 Å². The minimum atomic E-state index is -0.553. The number of urea groups is 1. The highest BCUT2D eigenvalue weighted by Gasteiger charge is 2.24. The molecule has 1 aromatic rings. The highest BCUT2D eigenvalue weighted by Crippen LogP contribution is 2.19. The van der Waals surface area contributed by atoms with Crippen LogP contribution in [0.4, 0.5) is 4.79 Å². The minimum Gasteiger partial charge on any atom is -0.392 e. The van der Waals surface area contributed by atoms with Crippen molar-refractivity contribution in [3.05, 3.63) is 35.9 Å². The molecular weight excluding hydrogens is 316 g/mol. The van der Waals surface area contributed by atoms with Crippen molar-refractivity contribution >= 4 is 6.03 Å². The molecule has 1 aromatic carbocycles. The van der Waals surface area contributed by atoms with Gasteiger partial charge in [-0.1, -0.05) is 30.3 Å². The normalized spacial score (nSPS) is 18.8. The van der Waals surface area contributed by atoms with E-state index in [9.17, 15) is 9.90 Å². The van der Waals surface area contributed by atoms with E-state index in [1.807, 2.05) is 30.3 Å². The van der Waals surface area contributed by atoms with E-state index in [0.717, 1.165) is 38.0 Å². The van der Waals surface area contributed by atoms with E-state index in [-0.39, 0.29) is 18.6 Å². The Labute approximate surface area is 151 Å². The molecule has 1 heterocycles. The summed E-state index contributed by atoms with van der Waals surface area (Å²) in [5.41, 5.74) is 1.09. The number of likely N-dealkylation sites (tertiary alicyclic amines) is 1. The molecule has 2 rings (SSSR count). The van der Waals surface area contributed by atoms with Gasteiger partial charge in [0.1, 0.15) is 0 Å². The Kier molecular flexibility index (Phi) is 7.68. The summed E-state index contributed by atoms with van der Waals surface area (Å²) in [5.74, 6) is 0. The Balaban J connectivity index is 1.98. The van der Waals surface area contributed by atoms with E-state index in [4.69, 9.17) is 0 Å². The first-order valence-corrected chi connectivity index (χ1v) is 9.12. The monoisotopic (exact) mass is 348 g/mol. The van der Waals surface area contributed by atoms with Gasteiger partial charge in [0.2, 0.25) is 0 Å². The summed E-state index contributed by atoms with van der Waals surface area (Å²) >= 11 is 0. The molecule has 6 nitrogen and oxygen atoms in total. The number of likely N-dealkylation sites (N-methyl/N-ethyl adjacent to an activating group) is 1. The lowest BCUT2D eigenvalue weighted by Crippen LogP contribution is -2.47. The highest BCUT2D eigenvalue weighted by atomic mass is 16.3. The largest absolute Gasteiger partial charge is 0.392 e. The second-order valence-electron chi connectivity index (χ2n) is 7.14. The van der Waals surface area contributed by atoms with Crippen molar-refractivity contribution in [3.63, 3.8) is 0 Å². The molecule has 0 radical (unpaired) electrons. The first-order chi connectivity index (χ1) is 12.0. The average Bonchev–Trinajstić information content (AvgIpc) is 2.60. The van der Waals surface area contributed by atoms with Gasteiger partial charge in [0.15, 0.2) is 0 Å². The molecule has 0 aromatic heterocycles. The van der Waals surface area contributed by atoms with Crippen molar-refractivity contribution < 1.29 is 9.90 Å². The number of carbonyl (C=O) groups is 1. The number of carbonyl (C=O) groups excluding carboxylic acids is 1. The number of nitrogens with zero attached hydrogens (tertiary/aromatic N) is 2. The van der Waals surface area contributed by atoms with Crippen molar-refractivity contribution in [3.8, 4) is 0 Å². The van der Waals surface area contributed by atoms with Gasteiger partial charge in [-0.05, 0) is 52.5 Å². The zero-order valence-corrected chi connectivity index (χ0v) is 15.6. The van der Waals surface area contributed by atoms with E-state index in [2.05, 4.69) is 34.5 Å². The number of aliphatic hydroxyl groups is 1. The number of aliphatic hydroxyl groups excluding tert-OH is 1. The summed E-state index contributed by atoms with van der Waals surface area (Å²) < 4.78 is 0. The van der Waals surface area contributed by atoms with Crippen molar-refractivity contribution in [2.75, 3.05) is 40.3 Å². The number of nitrogens with one attached hydrogen (secondary N) is 2. The molecule has 0 aliphatic carbocycles. The van der Waals surface area contributed by atoms with Gasteiger partial charge in [-0.25, -0.2) is 4.79 Å². The van der Waals surface area contributed by atoms with Crippen molar-refractivity contribution in [2.24, 2.45) is 0 Å². The Morgan fingerprint density at radius 3 is 2.56 bits per heavy atom. The Morgan fingerprint density at radius 2 is 1.96 bits per heavy atom. The van der Waals surface area contributed by atoms with Crippen LogP contribution in [0.15, 0.2) is 30.3 Å². The van der Waals surface area contributed by atoms with E-state index in [0.29, 0.717) is 6.04 Å².